The van der Waals surface area contributed by atoms with Gasteiger partial charge in [-0.05, 0) is 67.9 Å². The quantitative estimate of drug-likeness (QED) is 0.298. The minimum atomic E-state index is 0.296. The van der Waals surface area contributed by atoms with Crippen LogP contribution in [0.2, 0.25) is 0 Å². The molecule has 1 aromatic carbocycles. The molecule has 2 rings (SSSR count). The van der Waals surface area contributed by atoms with Crippen LogP contribution in [0.15, 0.2) is 24.3 Å². The second kappa shape index (κ2) is 11.4. The van der Waals surface area contributed by atoms with Gasteiger partial charge in [-0.15, -0.1) is 23.2 Å². The monoisotopic (exact) mass is 368 g/mol. The Labute approximate surface area is 159 Å². The van der Waals surface area contributed by atoms with Crippen LogP contribution in [0.3, 0.4) is 0 Å². The van der Waals surface area contributed by atoms with Crippen LogP contribution in [0.4, 0.5) is 0 Å². The molecule has 1 saturated carbocycles. The van der Waals surface area contributed by atoms with Gasteiger partial charge in [-0.3, -0.25) is 0 Å². The number of aryl methyl sites for hydroxylation is 1. The highest BCUT2D eigenvalue weighted by molar-refractivity contribution is 6.20. The highest BCUT2D eigenvalue weighted by Crippen LogP contribution is 2.36. The van der Waals surface area contributed by atoms with Crippen LogP contribution in [0.1, 0.15) is 75.8 Å². The molecule has 0 amide bonds. The number of halogens is 2. The summed E-state index contributed by atoms with van der Waals surface area (Å²) in [5.74, 6) is 2.40. The van der Waals surface area contributed by atoms with Gasteiger partial charge in [0, 0.05) is 11.3 Å². The second-order valence-corrected chi connectivity index (χ2v) is 8.54. The van der Waals surface area contributed by atoms with Gasteiger partial charge in [0.25, 0.3) is 0 Å². The van der Waals surface area contributed by atoms with E-state index in [1.54, 1.807) is 0 Å². The molecule has 1 aromatic rings. The molecule has 0 aliphatic heterocycles. The molecule has 0 spiro atoms. The molecule has 1 aliphatic rings. The molecule has 1 fully saturated rings. The van der Waals surface area contributed by atoms with E-state index in [4.69, 9.17) is 23.2 Å². The van der Waals surface area contributed by atoms with E-state index < -0.39 is 0 Å². The molecule has 0 nitrogen and oxygen atoms in total. The van der Waals surface area contributed by atoms with E-state index in [9.17, 15) is 0 Å². The molecule has 0 aromatic heterocycles. The first-order valence-corrected chi connectivity index (χ1v) is 11.0. The van der Waals surface area contributed by atoms with E-state index >= 15 is 0 Å². The molecule has 0 N–H and O–H groups in total. The van der Waals surface area contributed by atoms with Gasteiger partial charge in [-0.2, -0.15) is 0 Å². The zero-order valence-electron chi connectivity index (χ0n) is 15.3. The van der Waals surface area contributed by atoms with Crippen molar-refractivity contribution in [2.45, 2.75) is 82.9 Å². The number of rotatable bonds is 10. The second-order valence-electron chi connectivity index (χ2n) is 7.61. The van der Waals surface area contributed by atoms with Gasteiger partial charge >= 0.3 is 0 Å². The lowest BCUT2D eigenvalue weighted by atomic mass is 9.78. The van der Waals surface area contributed by atoms with E-state index in [1.807, 2.05) is 0 Å². The fourth-order valence-electron chi connectivity index (χ4n) is 4.02. The third kappa shape index (κ3) is 6.96. The van der Waals surface area contributed by atoms with Gasteiger partial charge in [-0.1, -0.05) is 56.9 Å². The third-order valence-electron chi connectivity index (χ3n) is 5.67. The smallest absolute Gasteiger partial charge is 0.0404 e. The van der Waals surface area contributed by atoms with E-state index in [0.717, 1.165) is 18.2 Å². The van der Waals surface area contributed by atoms with Gasteiger partial charge in [0.1, 0.15) is 0 Å². The Morgan fingerprint density at radius 1 is 0.958 bits per heavy atom. The zero-order valence-corrected chi connectivity index (χ0v) is 16.8. The first-order chi connectivity index (χ1) is 11.7. The van der Waals surface area contributed by atoms with Crippen molar-refractivity contribution in [3.63, 3.8) is 0 Å². The predicted molar refractivity (Wildman–Crippen MR) is 108 cm³/mol. The first-order valence-electron chi connectivity index (χ1n) is 10.0. The van der Waals surface area contributed by atoms with Crippen LogP contribution in [-0.4, -0.2) is 11.3 Å². The Kier molecular flexibility index (Phi) is 9.57. The fourth-order valence-corrected chi connectivity index (χ4v) is 4.60. The lowest BCUT2D eigenvalue weighted by molar-refractivity contribution is 0.255. The lowest BCUT2D eigenvalue weighted by Gasteiger charge is -2.31. The van der Waals surface area contributed by atoms with Crippen molar-refractivity contribution < 1.29 is 0 Å². The van der Waals surface area contributed by atoms with Gasteiger partial charge in [0.2, 0.25) is 0 Å². The van der Waals surface area contributed by atoms with Crippen molar-refractivity contribution in [3.8, 4) is 0 Å². The van der Waals surface area contributed by atoms with Crippen LogP contribution in [0, 0.1) is 11.8 Å². The molecule has 24 heavy (non-hydrogen) atoms. The molecular weight excluding hydrogens is 335 g/mol. The molecule has 1 aliphatic carbocycles. The molecule has 1 unspecified atom stereocenters. The molecule has 136 valence electrons. The van der Waals surface area contributed by atoms with Gasteiger partial charge in [0.05, 0.1) is 0 Å². The number of hydrogen-bond acceptors (Lipinski definition) is 0. The average molecular weight is 369 g/mol. The number of unbranched alkanes of at least 4 members (excludes halogenated alkanes) is 2. The topological polar surface area (TPSA) is 0 Å². The third-order valence-corrected chi connectivity index (χ3v) is 6.45. The summed E-state index contributed by atoms with van der Waals surface area (Å²) in [6, 6.07) is 9.20. The average Bonchev–Trinajstić information content (AvgIpc) is 2.62. The largest absolute Gasteiger partial charge is 0.127 e. The van der Waals surface area contributed by atoms with Crippen molar-refractivity contribution >= 4 is 23.2 Å². The minimum absolute atomic E-state index is 0.296. The Bertz CT molecular complexity index is 432. The molecular formula is C22H34Cl2. The summed E-state index contributed by atoms with van der Waals surface area (Å²) in [6.07, 6.45) is 13.9. The molecule has 0 saturated heterocycles. The summed E-state index contributed by atoms with van der Waals surface area (Å²) in [5, 5.41) is 0.296. The summed E-state index contributed by atoms with van der Waals surface area (Å²) in [5.41, 5.74) is 2.87. The predicted octanol–water partition coefficient (Wildman–Crippen LogP) is 7.39. The summed E-state index contributed by atoms with van der Waals surface area (Å²) in [7, 11) is 0. The minimum Gasteiger partial charge on any atom is -0.127 e. The fraction of sp³-hybridized carbons (Fsp3) is 0.727. The van der Waals surface area contributed by atoms with E-state index in [-0.39, 0.29) is 0 Å². The lowest BCUT2D eigenvalue weighted by Crippen LogP contribution is -2.23. The highest BCUT2D eigenvalue weighted by Gasteiger charge is 2.26. The molecule has 0 bridgehead atoms. The first kappa shape index (κ1) is 20.1. The normalized spacial score (nSPS) is 22.5. The van der Waals surface area contributed by atoms with E-state index in [1.165, 1.54) is 75.3 Å². The van der Waals surface area contributed by atoms with Gasteiger partial charge in [-0.25, -0.2) is 0 Å². The molecule has 1 atom stereocenters. The van der Waals surface area contributed by atoms with Crippen LogP contribution >= 0.6 is 23.2 Å². The maximum Gasteiger partial charge on any atom is 0.0404 e. The zero-order chi connectivity index (χ0) is 17.2. The maximum absolute atomic E-state index is 6.77. The Balaban J connectivity index is 1.73. The van der Waals surface area contributed by atoms with Crippen molar-refractivity contribution in [1.82, 2.24) is 0 Å². The number of alkyl halides is 2. The molecule has 2 heteroatoms. The summed E-state index contributed by atoms with van der Waals surface area (Å²) in [6.45, 7) is 2.26. The van der Waals surface area contributed by atoms with Crippen LogP contribution in [0.5, 0.6) is 0 Å². The van der Waals surface area contributed by atoms with Crippen LogP contribution < -0.4 is 0 Å². The standard InChI is InChI=1S/C22H34Cl2/c1-2-3-4-6-18-8-10-20(11-9-18)17-22(24)21-14-12-19(13-15-21)7-5-16-23/h8-11,19,21-22H,2-7,12-17H2,1H3/t19-,21-,22?. The Morgan fingerprint density at radius 3 is 2.25 bits per heavy atom. The molecule has 0 radical (unpaired) electrons. The van der Waals surface area contributed by atoms with Crippen LogP contribution in [-0.2, 0) is 12.8 Å². The number of hydrogen-bond donors (Lipinski definition) is 0. The van der Waals surface area contributed by atoms with Gasteiger partial charge < -0.3 is 0 Å². The van der Waals surface area contributed by atoms with Crippen molar-refractivity contribution in [3.05, 3.63) is 35.4 Å². The van der Waals surface area contributed by atoms with Crippen LogP contribution in [0.25, 0.3) is 0 Å². The highest BCUT2D eigenvalue weighted by atomic mass is 35.5. The Morgan fingerprint density at radius 2 is 1.62 bits per heavy atom. The summed E-state index contributed by atoms with van der Waals surface area (Å²) >= 11 is 12.6. The van der Waals surface area contributed by atoms with E-state index in [0.29, 0.717) is 11.3 Å². The SMILES string of the molecule is CCCCCc1ccc(CC(Cl)[C@H]2CC[C@H](CCCCl)CC2)cc1. The molecule has 0 heterocycles. The van der Waals surface area contributed by atoms with Crippen molar-refractivity contribution in [2.75, 3.05) is 5.88 Å². The Hall–Kier alpha value is -0.200. The van der Waals surface area contributed by atoms with Crippen molar-refractivity contribution in [2.24, 2.45) is 11.8 Å². The summed E-state index contributed by atoms with van der Waals surface area (Å²) in [4.78, 5) is 0. The van der Waals surface area contributed by atoms with Gasteiger partial charge in [0.15, 0.2) is 0 Å². The van der Waals surface area contributed by atoms with Crippen molar-refractivity contribution in [1.29, 1.82) is 0 Å². The maximum atomic E-state index is 6.77. The van der Waals surface area contributed by atoms with E-state index in [2.05, 4.69) is 31.2 Å². The number of benzene rings is 1. The summed E-state index contributed by atoms with van der Waals surface area (Å²) < 4.78 is 0.